The number of carbonyl (C=O) groups excluding carboxylic acids is 1. The smallest absolute Gasteiger partial charge is 0.240 e. The first-order valence-corrected chi connectivity index (χ1v) is 11.2. The van der Waals surface area contributed by atoms with E-state index in [9.17, 15) is 13.2 Å². The third kappa shape index (κ3) is 6.23. The van der Waals surface area contributed by atoms with E-state index in [0.29, 0.717) is 18.0 Å². The average Bonchev–Trinajstić information content (AvgIpc) is 2.58. The minimum Gasteiger partial charge on any atom is -0.354 e. The third-order valence-corrected chi connectivity index (χ3v) is 5.98. The molecule has 0 saturated carbocycles. The first-order valence-electron chi connectivity index (χ1n) is 7.96. The Labute approximate surface area is 163 Å². The largest absolute Gasteiger partial charge is 0.354 e. The van der Waals surface area contributed by atoms with Crippen LogP contribution in [-0.2, 0) is 14.8 Å². The van der Waals surface area contributed by atoms with E-state index in [-0.39, 0.29) is 17.5 Å². The van der Waals surface area contributed by atoms with Crippen LogP contribution in [0.4, 0.5) is 5.69 Å². The van der Waals surface area contributed by atoms with Crippen LogP contribution in [0.5, 0.6) is 0 Å². The van der Waals surface area contributed by atoms with Gasteiger partial charge in [-0.1, -0.05) is 41.4 Å². The minimum atomic E-state index is -3.63. The zero-order chi connectivity index (χ0) is 19.2. The second kappa shape index (κ2) is 9.30. The molecule has 1 N–H and O–H groups in total. The molecule has 0 radical (unpaired) electrons. The van der Waals surface area contributed by atoms with Gasteiger partial charge in [-0.25, -0.2) is 8.42 Å². The van der Waals surface area contributed by atoms with E-state index < -0.39 is 10.0 Å². The maximum absolute atomic E-state index is 12.2. The molecule has 140 valence electrons. The number of rotatable bonds is 8. The average molecular weight is 413 g/mol. The van der Waals surface area contributed by atoms with Crippen LogP contribution >= 0.6 is 23.4 Å². The fourth-order valence-corrected chi connectivity index (χ4v) is 4.14. The lowest BCUT2D eigenvalue weighted by Crippen LogP contribution is -2.41. The Morgan fingerprint density at radius 1 is 1.15 bits per heavy atom. The van der Waals surface area contributed by atoms with Gasteiger partial charge in [-0.2, -0.15) is 0 Å². The van der Waals surface area contributed by atoms with Crippen molar-refractivity contribution in [1.82, 2.24) is 5.32 Å². The van der Waals surface area contributed by atoms with Gasteiger partial charge in [0, 0.05) is 17.2 Å². The summed E-state index contributed by atoms with van der Waals surface area (Å²) in [4.78, 5) is 13.3. The molecule has 0 heterocycles. The highest BCUT2D eigenvalue weighted by atomic mass is 35.5. The molecule has 8 heteroatoms. The lowest BCUT2D eigenvalue weighted by Gasteiger charge is -2.22. The van der Waals surface area contributed by atoms with Gasteiger partial charge >= 0.3 is 0 Å². The summed E-state index contributed by atoms with van der Waals surface area (Å²) < 4.78 is 25.1. The number of aryl methyl sites for hydroxylation is 1. The van der Waals surface area contributed by atoms with Gasteiger partial charge in [-0.3, -0.25) is 9.10 Å². The Balaban J connectivity index is 1.89. The van der Waals surface area contributed by atoms with Crippen molar-refractivity contribution in [3.05, 3.63) is 59.1 Å². The quantitative estimate of drug-likeness (QED) is 0.533. The number of halogens is 1. The molecule has 2 rings (SSSR count). The van der Waals surface area contributed by atoms with Crippen LogP contribution in [0.25, 0.3) is 0 Å². The highest BCUT2D eigenvalue weighted by molar-refractivity contribution is 7.99. The second-order valence-electron chi connectivity index (χ2n) is 5.73. The fourth-order valence-electron chi connectivity index (χ4n) is 2.22. The normalized spacial score (nSPS) is 11.2. The van der Waals surface area contributed by atoms with Crippen LogP contribution in [0.2, 0.25) is 5.02 Å². The van der Waals surface area contributed by atoms with Crippen molar-refractivity contribution < 1.29 is 13.2 Å². The van der Waals surface area contributed by atoms with Crippen molar-refractivity contribution in [2.24, 2.45) is 0 Å². The molecule has 0 fully saturated rings. The summed E-state index contributed by atoms with van der Waals surface area (Å²) in [6, 6.07) is 14.7. The number of hydrogen-bond acceptors (Lipinski definition) is 4. The summed E-state index contributed by atoms with van der Waals surface area (Å²) in [5, 5.41) is 3.03. The highest BCUT2D eigenvalue weighted by Crippen LogP contribution is 2.26. The van der Waals surface area contributed by atoms with Crippen LogP contribution in [-0.4, -0.2) is 39.4 Å². The van der Waals surface area contributed by atoms with Gasteiger partial charge in [0.1, 0.15) is 6.54 Å². The maximum Gasteiger partial charge on any atom is 0.240 e. The van der Waals surface area contributed by atoms with E-state index in [1.165, 1.54) is 5.56 Å². The van der Waals surface area contributed by atoms with E-state index >= 15 is 0 Å². The lowest BCUT2D eigenvalue weighted by molar-refractivity contribution is -0.119. The number of benzene rings is 2. The topological polar surface area (TPSA) is 66.5 Å². The number of nitrogens with one attached hydrogen (secondary N) is 1. The van der Waals surface area contributed by atoms with Gasteiger partial charge in [0.15, 0.2) is 0 Å². The SMILES string of the molecule is Cc1ccc(SCCNC(=O)CN(c2ccccc2Cl)S(C)(=O)=O)cc1. The number of carbonyl (C=O) groups is 1. The molecule has 2 aromatic carbocycles. The Morgan fingerprint density at radius 3 is 2.42 bits per heavy atom. The van der Waals surface area contributed by atoms with Gasteiger partial charge in [0.2, 0.25) is 15.9 Å². The van der Waals surface area contributed by atoms with Crippen molar-refractivity contribution in [3.8, 4) is 0 Å². The Hall–Kier alpha value is -1.70. The molecule has 0 aromatic heterocycles. The molecular formula is C18H21ClN2O3S2. The Kier molecular flexibility index (Phi) is 7.37. The predicted octanol–water partition coefficient (Wildman–Crippen LogP) is 3.32. The molecular weight excluding hydrogens is 392 g/mol. The molecule has 1 amide bonds. The van der Waals surface area contributed by atoms with Crippen LogP contribution in [0.15, 0.2) is 53.4 Å². The monoisotopic (exact) mass is 412 g/mol. The van der Waals surface area contributed by atoms with E-state index in [4.69, 9.17) is 11.6 Å². The summed E-state index contributed by atoms with van der Waals surface area (Å²) in [5.74, 6) is 0.319. The van der Waals surface area contributed by atoms with Gasteiger partial charge in [0.05, 0.1) is 17.0 Å². The number of nitrogens with zero attached hydrogens (tertiary/aromatic N) is 1. The van der Waals surface area contributed by atoms with Crippen molar-refractivity contribution in [2.45, 2.75) is 11.8 Å². The molecule has 0 bridgehead atoms. The van der Waals surface area contributed by atoms with E-state index in [0.717, 1.165) is 15.5 Å². The molecule has 0 spiro atoms. The number of anilines is 1. The first kappa shape index (κ1) is 20.6. The summed E-state index contributed by atoms with van der Waals surface area (Å²) >= 11 is 7.70. The first-order chi connectivity index (χ1) is 12.3. The second-order valence-corrected chi connectivity index (χ2v) is 9.21. The number of amides is 1. The Morgan fingerprint density at radius 2 is 1.81 bits per heavy atom. The highest BCUT2D eigenvalue weighted by Gasteiger charge is 2.22. The van der Waals surface area contributed by atoms with Crippen LogP contribution in [0, 0.1) is 6.92 Å². The fraction of sp³-hybridized carbons (Fsp3) is 0.278. The minimum absolute atomic E-state index is 0.278. The van der Waals surface area contributed by atoms with Gasteiger partial charge in [0.25, 0.3) is 0 Å². The molecule has 0 aliphatic heterocycles. The van der Waals surface area contributed by atoms with Crippen molar-refractivity contribution in [2.75, 3.05) is 29.4 Å². The van der Waals surface area contributed by atoms with Crippen LogP contribution in [0.3, 0.4) is 0 Å². The van der Waals surface area contributed by atoms with E-state index in [2.05, 4.69) is 5.32 Å². The Bertz CT molecular complexity index is 855. The van der Waals surface area contributed by atoms with E-state index in [1.54, 1.807) is 36.0 Å². The van der Waals surface area contributed by atoms with Gasteiger partial charge in [-0.05, 0) is 31.2 Å². The molecule has 5 nitrogen and oxygen atoms in total. The maximum atomic E-state index is 12.2. The zero-order valence-electron chi connectivity index (χ0n) is 14.6. The third-order valence-electron chi connectivity index (χ3n) is 3.52. The van der Waals surface area contributed by atoms with Crippen molar-refractivity contribution in [3.63, 3.8) is 0 Å². The zero-order valence-corrected chi connectivity index (χ0v) is 17.0. The van der Waals surface area contributed by atoms with Gasteiger partial charge < -0.3 is 5.32 Å². The molecule has 0 unspecified atom stereocenters. The molecule has 2 aromatic rings. The number of para-hydroxylation sites is 1. The summed E-state index contributed by atoms with van der Waals surface area (Å²) in [7, 11) is -3.63. The van der Waals surface area contributed by atoms with Crippen molar-refractivity contribution in [1.29, 1.82) is 0 Å². The van der Waals surface area contributed by atoms with Crippen LogP contribution in [0.1, 0.15) is 5.56 Å². The van der Waals surface area contributed by atoms with Crippen molar-refractivity contribution >= 4 is 45.0 Å². The summed E-state index contributed by atoms with van der Waals surface area (Å²) in [6.07, 6.45) is 1.05. The summed E-state index contributed by atoms with van der Waals surface area (Å²) in [5.41, 5.74) is 1.49. The number of hydrogen-bond donors (Lipinski definition) is 1. The predicted molar refractivity (Wildman–Crippen MR) is 109 cm³/mol. The van der Waals surface area contributed by atoms with E-state index in [1.807, 2.05) is 31.2 Å². The van der Waals surface area contributed by atoms with Crippen LogP contribution < -0.4 is 9.62 Å². The molecule has 26 heavy (non-hydrogen) atoms. The molecule has 0 saturated heterocycles. The molecule has 0 atom stereocenters. The molecule has 0 aliphatic carbocycles. The summed E-state index contributed by atoms with van der Waals surface area (Å²) in [6.45, 7) is 2.16. The number of sulfonamides is 1. The van der Waals surface area contributed by atoms with Gasteiger partial charge in [-0.15, -0.1) is 11.8 Å². The number of thioether (sulfide) groups is 1. The molecule has 0 aliphatic rings. The standard InChI is InChI=1S/C18H21ClN2O3S2/c1-14-7-9-15(10-8-14)25-12-11-20-18(22)13-21(26(2,23)24)17-6-4-3-5-16(17)19/h3-10H,11-13H2,1-2H3,(H,20,22). The lowest BCUT2D eigenvalue weighted by atomic mass is 10.2.